The van der Waals surface area contributed by atoms with Crippen LogP contribution < -0.4 is 0 Å². The van der Waals surface area contributed by atoms with Gasteiger partial charge in [0.1, 0.15) is 6.29 Å². The van der Waals surface area contributed by atoms with Crippen LogP contribution in [0.4, 0.5) is 0 Å². The van der Waals surface area contributed by atoms with Crippen molar-refractivity contribution < 1.29 is 4.79 Å². The zero-order chi connectivity index (χ0) is 14.4. The van der Waals surface area contributed by atoms with Gasteiger partial charge < -0.3 is 4.79 Å². The first-order valence-corrected chi connectivity index (χ1v) is 12.2. The first kappa shape index (κ1) is 16.3. The fourth-order valence-electron chi connectivity index (χ4n) is 4.61. The third-order valence-electron chi connectivity index (χ3n) is 6.30. The molecule has 0 spiro atoms. The molecule has 0 aromatic heterocycles. The lowest BCUT2D eigenvalue weighted by molar-refractivity contribution is -0.112. The van der Waals surface area contributed by atoms with E-state index in [1.165, 1.54) is 64.1 Å². The lowest BCUT2D eigenvalue weighted by atomic mass is 9.74. The van der Waals surface area contributed by atoms with Crippen molar-refractivity contribution in [1.82, 2.24) is 0 Å². The summed E-state index contributed by atoms with van der Waals surface area (Å²) in [6.45, 7) is 4.98. The van der Waals surface area contributed by atoms with Crippen LogP contribution in [0.5, 0.6) is 0 Å². The Labute approximate surface area is 126 Å². The molecule has 20 heavy (non-hydrogen) atoms. The van der Waals surface area contributed by atoms with Crippen molar-refractivity contribution in [2.75, 3.05) is 0 Å². The van der Waals surface area contributed by atoms with Gasteiger partial charge in [-0.25, -0.2) is 0 Å². The monoisotopic (exact) mass is 294 g/mol. The van der Waals surface area contributed by atoms with E-state index in [9.17, 15) is 4.79 Å². The fraction of sp³-hybridized carbons (Fsp3) is 0.944. The van der Waals surface area contributed by atoms with Gasteiger partial charge in [-0.1, -0.05) is 63.7 Å². The third-order valence-corrected chi connectivity index (χ3v) is 10.8. The Hall–Kier alpha value is -0.113. The molecule has 0 aromatic carbocycles. The van der Waals surface area contributed by atoms with E-state index in [0.29, 0.717) is 5.92 Å². The standard InChI is InChI=1S/C18H34OSi/c1-3-4-5-12-20(2)13-10-18(11-14-20)17-8-6-16(15-19)7-9-17/h15-18H,3-14H2,1-2H3. The normalized spacial score (nSPS) is 38.6. The molecule has 0 N–H and O–H groups in total. The lowest BCUT2D eigenvalue weighted by Gasteiger charge is -2.41. The molecule has 0 amide bonds. The van der Waals surface area contributed by atoms with E-state index >= 15 is 0 Å². The number of unbranched alkanes of at least 4 members (excludes halogenated alkanes) is 2. The summed E-state index contributed by atoms with van der Waals surface area (Å²) in [7, 11) is -0.856. The van der Waals surface area contributed by atoms with Gasteiger partial charge in [-0.15, -0.1) is 0 Å². The highest BCUT2D eigenvalue weighted by molar-refractivity contribution is 6.78. The average molecular weight is 295 g/mol. The number of aldehydes is 1. The zero-order valence-electron chi connectivity index (χ0n) is 13.7. The summed E-state index contributed by atoms with van der Waals surface area (Å²) < 4.78 is 0. The molecule has 0 aromatic rings. The molecule has 2 fully saturated rings. The molecule has 2 heteroatoms. The molecule has 1 nitrogen and oxygen atoms in total. The van der Waals surface area contributed by atoms with Gasteiger partial charge in [-0.3, -0.25) is 0 Å². The Balaban J connectivity index is 1.72. The van der Waals surface area contributed by atoms with Gasteiger partial charge in [0.05, 0.1) is 8.07 Å². The molecule has 1 saturated heterocycles. The Morgan fingerprint density at radius 1 is 0.950 bits per heavy atom. The molecule has 2 aliphatic rings. The van der Waals surface area contributed by atoms with E-state index in [2.05, 4.69) is 13.5 Å². The summed E-state index contributed by atoms with van der Waals surface area (Å²) in [5.41, 5.74) is 0. The Kier molecular flexibility index (Phi) is 6.32. The van der Waals surface area contributed by atoms with E-state index < -0.39 is 8.07 Å². The molecule has 0 unspecified atom stereocenters. The van der Waals surface area contributed by atoms with Gasteiger partial charge in [-0.05, 0) is 37.5 Å². The van der Waals surface area contributed by atoms with E-state index in [4.69, 9.17) is 0 Å². The Morgan fingerprint density at radius 2 is 1.55 bits per heavy atom. The van der Waals surface area contributed by atoms with E-state index in [0.717, 1.165) is 11.8 Å². The Morgan fingerprint density at radius 3 is 2.10 bits per heavy atom. The largest absolute Gasteiger partial charge is 0.303 e. The SMILES string of the molecule is CCCCC[Si]1(C)CCC(C2CCC(C=O)CC2)CC1. The van der Waals surface area contributed by atoms with Crippen LogP contribution in [-0.4, -0.2) is 14.4 Å². The summed E-state index contributed by atoms with van der Waals surface area (Å²) in [4.78, 5) is 10.9. The third kappa shape index (κ3) is 4.44. The number of hydrogen-bond acceptors (Lipinski definition) is 1. The number of carbonyl (C=O) groups is 1. The maximum absolute atomic E-state index is 10.9. The van der Waals surface area contributed by atoms with Crippen LogP contribution in [0.25, 0.3) is 0 Å². The van der Waals surface area contributed by atoms with E-state index in [-0.39, 0.29) is 0 Å². The first-order chi connectivity index (χ1) is 9.67. The number of hydrogen-bond donors (Lipinski definition) is 0. The van der Waals surface area contributed by atoms with Gasteiger partial charge in [-0.2, -0.15) is 0 Å². The summed E-state index contributed by atoms with van der Waals surface area (Å²) >= 11 is 0. The maximum Gasteiger partial charge on any atom is 0.123 e. The summed E-state index contributed by atoms with van der Waals surface area (Å²) in [5.74, 6) is 2.36. The van der Waals surface area contributed by atoms with Crippen LogP contribution in [0.3, 0.4) is 0 Å². The molecule has 2 rings (SSSR count). The van der Waals surface area contributed by atoms with Gasteiger partial charge >= 0.3 is 0 Å². The number of rotatable bonds is 6. The van der Waals surface area contributed by atoms with Crippen LogP contribution in [0.2, 0.25) is 24.7 Å². The second-order valence-electron chi connectivity index (χ2n) is 7.92. The molecule has 1 saturated carbocycles. The molecule has 1 heterocycles. The van der Waals surface area contributed by atoms with Crippen molar-refractivity contribution in [1.29, 1.82) is 0 Å². The minimum atomic E-state index is -0.856. The van der Waals surface area contributed by atoms with Gasteiger partial charge in [0.15, 0.2) is 0 Å². The highest BCUT2D eigenvalue weighted by Crippen LogP contribution is 2.43. The first-order valence-electron chi connectivity index (χ1n) is 9.12. The highest BCUT2D eigenvalue weighted by atomic mass is 28.3. The second-order valence-corrected chi connectivity index (χ2v) is 13.0. The zero-order valence-corrected chi connectivity index (χ0v) is 14.7. The quantitative estimate of drug-likeness (QED) is 0.350. The average Bonchev–Trinajstić information content (AvgIpc) is 2.48. The van der Waals surface area contributed by atoms with Crippen LogP contribution in [0, 0.1) is 17.8 Å². The van der Waals surface area contributed by atoms with Crippen molar-refractivity contribution in [2.45, 2.75) is 89.4 Å². The predicted molar refractivity (Wildman–Crippen MR) is 89.8 cm³/mol. The van der Waals surface area contributed by atoms with E-state index in [1.54, 1.807) is 18.1 Å². The number of carbonyl (C=O) groups excluding carboxylic acids is 1. The molecule has 1 aliphatic heterocycles. The topological polar surface area (TPSA) is 17.1 Å². The van der Waals surface area contributed by atoms with Crippen molar-refractivity contribution in [3.63, 3.8) is 0 Å². The molecule has 0 atom stereocenters. The summed E-state index contributed by atoms with van der Waals surface area (Å²) in [6.07, 6.45) is 13.6. The van der Waals surface area contributed by atoms with Crippen molar-refractivity contribution in [3.05, 3.63) is 0 Å². The second kappa shape index (κ2) is 7.77. The van der Waals surface area contributed by atoms with Crippen molar-refractivity contribution in [2.24, 2.45) is 17.8 Å². The van der Waals surface area contributed by atoms with Crippen molar-refractivity contribution in [3.8, 4) is 0 Å². The summed E-state index contributed by atoms with van der Waals surface area (Å²) in [6, 6.07) is 4.77. The Bertz CT molecular complexity index is 286. The highest BCUT2D eigenvalue weighted by Gasteiger charge is 2.36. The summed E-state index contributed by atoms with van der Waals surface area (Å²) in [5, 5.41) is 0. The fourth-order valence-corrected chi connectivity index (χ4v) is 8.60. The van der Waals surface area contributed by atoms with Gasteiger partial charge in [0.25, 0.3) is 0 Å². The van der Waals surface area contributed by atoms with Crippen LogP contribution in [-0.2, 0) is 4.79 Å². The molecule has 0 bridgehead atoms. The van der Waals surface area contributed by atoms with Crippen LogP contribution in [0.15, 0.2) is 0 Å². The molecule has 1 aliphatic carbocycles. The predicted octanol–water partition coefficient (Wildman–Crippen LogP) is 5.67. The van der Waals surface area contributed by atoms with Crippen molar-refractivity contribution >= 4 is 14.4 Å². The van der Waals surface area contributed by atoms with E-state index in [1.807, 2.05) is 0 Å². The molecule has 116 valence electrons. The van der Waals surface area contributed by atoms with Gasteiger partial charge in [0, 0.05) is 5.92 Å². The maximum atomic E-state index is 10.9. The van der Waals surface area contributed by atoms with Gasteiger partial charge in [0.2, 0.25) is 0 Å². The molecular formula is C18H34OSi. The smallest absolute Gasteiger partial charge is 0.123 e. The molecule has 0 radical (unpaired) electrons. The molecular weight excluding hydrogens is 260 g/mol. The minimum Gasteiger partial charge on any atom is -0.303 e. The lowest BCUT2D eigenvalue weighted by Crippen LogP contribution is -2.37. The van der Waals surface area contributed by atoms with Crippen LogP contribution >= 0.6 is 0 Å². The minimum absolute atomic E-state index is 0.392. The van der Waals surface area contributed by atoms with Crippen LogP contribution in [0.1, 0.15) is 64.7 Å².